The first-order valence-electron chi connectivity index (χ1n) is 10.6. The van der Waals surface area contributed by atoms with E-state index >= 15 is 0 Å². The van der Waals surface area contributed by atoms with Gasteiger partial charge in [0.25, 0.3) is 5.91 Å². The van der Waals surface area contributed by atoms with Gasteiger partial charge in [-0.1, -0.05) is 12.1 Å². The Bertz CT molecular complexity index is 1060. The molecule has 0 bridgehead atoms. The van der Waals surface area contributed by atoms with Crippen LogP contribution in [0.15, 0.2) is 67.0 Å². The molecule has 0 spiro atoms. The van der Waals surface area contributed by atoms with Gasteiger partial charge in [-0.15, -0.1) is 0 Å². The lowest BCUT2D eigenvalue weighted by molar-refractivity contribution is 0.0711. The van der Waals surface area contributed by atoms with Crippen molar-refractivity contribution in [3.05, 3.63) is 78.1 Å². The smallest absolute Gasteiger partial charge is 0.407 e. The Morgan fingerprint density at radius 1 is 1.09 bits per heavy atom. The maximum absolute atomic E-state index is 12.9. The van der Waals surface area contributed by atoms with Gasteiger partial charge in [0.15, 0.2) is 0 Å². The Morgan fingerprint density at radius 2 is 1.81 bits per heavy atom. The van der Waals surface area contributed by atoms with E-state index in [0.717, 1.165) is 23.5 Å². The van der Waals surface area contributed by atoms with Crippen LogP contribution in [0.5, 0.6) is 0 Å². The molecule has 2 heterocycles. The van der Waals surface area contributed by atoms with Gasteiger partial charge >= 0.3 is 6.09 Å². The van der Waals surface area contributed by atoms with E-state index in [-0.39, 0.29) is 11.9 Å². The van der Waals surface area contributed by atoms with Gasteiger partial charge in [0.05, 0.1) is 5.69 Å². The fraction of sp³-hybridized carbons (Fsp3) is 0.292. The second-order valence-electron chi connectivity index (χ2n) is 8.09. The number of hydrogen-bond donors (Lipinski definition) is 1. The molecule has 32 heavy (non-hydrogen) atoms. The number of hydrogen-bond acceptors (Lipinski definition) is 4. The summed E-state index contributed by atoms with van der Waals surface area (Å²) in [5.74, 6) is -0.0802. The van der Waals surface area contributed by atoms with Crippen LogP contribution in [0.4, 0.5) is 10.5 Å². The van der Waals surface area contributed by atoms with Crippen LogP contribution in [0, 0.1) is 0 Å². The first-order chi connectivity index (χ1) is 15.4. The maximum atomic E-state index is 12.9. The van der Waals surface area contributed by atoms with Gasteiger partial charge in [-0.25, -0.2) is 9.48 Å². The summed E-state index contributed by atoms with van der Waals surface area (Å²) < 4.78 is 1.75. The molecule has 166 valence electrons. The summed E-state index contributed by atoms with van der Waals surface area (Å²) in [4.78, 5) is 29.5. The molecule has 2 aromatic carbocycles. The fourth-order valence-corrected chi connectivity index (χ4v) is 4.03. The first-order valence-corrected chi connectivity index (χ1v) is 10.6. The van der Waals surface area contributed by atoms with Gasteiger partial charge < -0.3 is 14.9 Å². The van der Waals surface area contributed by atoms with Crippen molar-refractivity contribution in [3.8, 4) is 5.69 Å². The number of amides is 2. The van der Waals surface area contributed by atoms with Crippen molar-refractivity contribution < 1.29 is 14.7 Å². The highest BCUT2D eigenvalue weighted by molar-refractivity contribution is 6.05. The Morgan fingerprint density at radius 3 is 2.41 bits per heavy atom. The van der Waals surface area contributed by atoms with E-state index < -0.39 is 6.09 Å². The van der Waals surface area contributed by atoms with Crippen LogP contribution in [0.25, 0.3) is 5.69 Å². The van der Waals surface area contributed by atoms with Gasteiger partial charge in [-0.05, 0) is 55.0 Å². The predicted molar refractivity (Wildman–Crippen MR) is 122 cm³/mol. The molecule has 1 N–H and O–H groups in total. The van der Waals surface area contributed by atoms with E-state index in [2.05, 4.69) is 10.00 Å². The third-order valence-corrected chi connectivity index (χ3v) is 5.87. The first kappa shape index (κ1) is 21.6. The molecule has 0 unspecified atom stereocenters. The van der Waals surface area contributed by atoms with E-state index in [9.17, 15) is 14.7 Å². The summed E-state index contributed by atoms with van der Waals surface area (Å²) in [5, 5.41) is 13.4. The number of carbonyl (C=O) groups is 2. The van der Waals surface area contributed by atoms with Crippen molar-refractivity contribution in [3.63, 3.8) is 0 Å². The Kier molecular flexibility index (Phi) is 6.23. The van der Waals surface area contributed by atoms with Crippen LogP contribution in [0.3, 0.4) is 0 Å². The van der Waals surface area contributed by atoms with Crippen LogP contribution in [-0.2, 0) is 6.54 Å². The minimum Gasteiger partial charge on any atom is -0.465 e. The topological polar surface area (TPSA) is 81.9 Å². The summed E-state index contributed by atoms with van der Waals surface area (Å²) in [6.07, 6.45) is 2.72. The minimum atomic E-state index is -0.856. The van der Waals surface area contributed by atoms with Crippen molar-refractivity contribution >= 4 is 17.7 Å². The lowest BCUT2D eigenvalue weighted by atomic mass is 10.1. The molecule has 3 aromatic rings. The SMILES string of the molecule is C[C@H]1CN(Cc2ccc(N(C)C(=O)c3ccc(-n4cccn4)cc3)cc2)CCN1C(=O)O. The largest absolute Gasteiger partial charge is 0.465 e. The molecule has 1 aliphatic heterocycles. The number of nitrogens with zero attached hydrogens (tertiary/aromatic N) is 5. The fourth-order valence-electron chi connectivity index (χ4n) is 4.03. The van der Waals surface area contributed by atoms with Crippen LogP contribution in [0.2, 0.25) is 0 Å². The normalized spacial score (nSPS) is 16.7. The van der Waals surface area contributed by atoms with Crippen molar-refractivity contribution in [2.75, 3.05) is 31.6 Å². The summed E-state index contributed by atoms with van der Waals surface area (Å²) in [7, 11) is 1.77. The molecule has 1 fully saturated rings. The molecule has 4 rings (SSSR count). The molecule has 1 aromatic heterocycles. The van der Waals surface area contributed by atoms with Crippen molar-refractivity contribution in [1.29, 1.82) is 0 Å². The highest BCUT2D eigenvalue weighted by Gasteiger charge is 2.26. The molecule has 1 aliphatic rings. The lowest BCUT2D eigenvalue weighted by Gasteiger charge is -2.38. The lowest BCUT2D eigenvalue weighted by Crippen LogP contribution is -2.53. The molecule has 1 atom stereocenters. The third kappa shape index (κ3) is 4.65. The molecule has 1 saturated heterocycles. The zero-order chi connectivity index (χ0) is 22.7. The summed E-state index contributed by atoms with van der Waals surface area (Å²) in [6, 6.07) is 17.1. The highest BCUT2D eigenvalue weighted by Crippen LogP contribution is 2.19. The molecule has 2 amide bonds. The zero-order valence-electron chi connectivity index (χ0n) is 18.3. The van der Waals surface area contributed by atoms with Crippen LogP contribution < -0.4 is 4.90 Å². The van der Waals surface area contributed by atoms with Crippen LogP contribution in [-0.4, -0.2) is 69.4 Å². The number of benzene rings is 2. The summed E-state index contributed by atoms with van der Waals surface area (Å²) in [6.45, 7) is 4.63. The Hall–Kier alpha value is -3.65. The highest BCUT2D eigenvalue weighted by atomic mass is 16.4. The van der Waals surface area contributed by atoms with Crippen molar-refractivity contribution in [1.82, 2.24) is 19.6 Å². The average molecular weight is 434 g/mol. The summed E-state index contributed by atoms with van der Waals surface area (Å²) >= 11 is 0. The monoisotopic (exact) mass is 433 g/mol. The number of piperazine rings is 1. The summed E-state index contributed by atoms with van der Waals surface area (Å²) in [5.41, 5.74) is 3.46. The molecule has 8 heteroatoms. The quantitative estimate of drug-likeness (QED) is 0.668. The van der Waals surface area contributed by atoms with Crippen molar-refractivity contribution in [2.24, 2.45) is 0 Å². The predicted octanol–water partition coefficient (Wildman–Crippen LogP) is 3.33. The Balaban J connectivity index is 1.37. The second-order valence-corrected chi connectivity index (χ2v) is 8.09. The van der Waals surface area contributed by atoms with E-state index in [4.69, 9.17) is 0 Å². The molecular weight excluding hydrogens is 406 g/mol. The van der Waals surface area contributed by atoms with Gasteiger partial charge in [-0.3, -0.25) is 9.69 Å². The third-order valence-electron chi connectivity index (χ3n) is 5.87. The van der Waals surface area contributed by atoms with E-state index in [0.29, 0.717) is 25.2 Å². The zero-order valence-corrected chi connectivity index (χ0v) is 18.3. The number of rotatable bonds is 5. The average Bonchev–Trinajstić information content (AvgIpc) is 3.34. The van der Waals surface area contributed by atoms with Gasteiger partial charge in [0.1, 0.15) is 0 Å². The number of aromatic nitrogens is 2. The molecule has 0 radical (unpaired) electrons. The van der Waals surface area contributed by atoms with E-state index in [1.54, 1.807) is 22.8 Å². The maximum Gasteiger partial charge on any atom is 0.407 e. The minimum absolute atomic E-state index is 0.0241. The van der Waals surface area contributed by atoms with Gasteiger partial charge in [0.2, 0.25) is 0 Å². The second kappa shape index (κ2) is 9.23. The molecule has 8 nitrogen and oxygen atoms in total. The number of carbonyl (C=O) groups excluding carboxylic acids is 1. The molecular formula is C24H27N5O3. The van der Waals surface area contributed by atoms with Crippen molar-refractivity contribution in [2.45, 2.75) is 19.5 Å². The van der Waals surface area contributed by atoms with E-state index in [1.807, 2.05) is 67.7 Å². The van der Waals surface area contributed by atoms with Crippen LogP contribution >= 0.6 is 0 Å². The van der Waals surface area contributed by atoms with Crippen LogP contribution in [0.1, 0.15) is 22.8 Å². The van der Waals surface area contributed by atoms with E-state index in [1.165, 1.54) is 4.90 Å². The molecule has 0 aliphatic carbocycles. The number of anilines is 1. The van der Waals surface area contributed by atoms with Gasteiger partial charge in [-0.2, -0.15) is 5.10 Å². The molecule has 0 saturated carbocycles. The Labute approximate surface area is 187 Å². The number of carboxylic acid groups (broad SMARTS) is 1. The van der Waals surface area contributed by atoms with Gasteiger partial charge in [0, 0.05) is 62.9 Å². The standard InChI is InChI=1S/C24H27N5O3/c1-18-16-27(14-15-28(18)24(31)32)17-19-4-8-21(9-5-19)26(2)23(30)20-6-10-22(11-7-20)29-13-3-12-25-29/h3-13,18H,14-17H2,1-2H3,(H,31,32)/t18-/m0/s1.